The van der Waals surface area contributed by atoms with Crippen LogP contribution in [-0.4, -0.2) is 4.98 Å². The van der Waals surface area contributed by atoms with Crippen molar-refractivity contribution in [2.24, 2.45) is 0 Å². The lowest BCUT2D eigenvalue weighted by Crippen LogP contribution is -1.78. The van der Waals surface area contributed by atoms with Gasteiger partial charge in [0.25, 0.3) is 0 Å². The Bertz CT molecular complexity index is 513. The van der Waals surface area contributed by atoms with Crippen LogP contribution in [0.5, 0.6) is 0 Å². The van der Waals surface area contributed by atoms with Crippen molar-refractivity contribution in [3.63, 3.8) is 0 Å². The van der Waals surface area contributed by atoms with Crippen LogP contribution in [0.25, 0.3) is 5.57 Å². The second kappa shape index (κ2) is 6.62. The Morgan fingerprint density at radius 3 is 2.94 bits per heavy atom. The highest BCUT2D eigenvalue weighted by atomic mass is 32.1. The van der Waals surface area contributed by atoms with E-state index in [0.717, 1.165) is 22.6 Å². The van der Waals surface area contributed by atoms with E-state index in [1.54, 1.807) is 12.3 Å². The van der Waals surface area contributed by atoms with Crippen LogP contribution in [0.15, 0.2) is 49.2 Å². The molecule has 86 valence electrons. The second-order valence-corrected chi connectivity index (χ2v) is 4.59. The zero-order valence-electron chi connectivity index (χ0n) is 9.81. The largest absolute Gasteiger partial charge is 0.243 e. The van der Waals surface area contributed by atoms with E-state index in [9.17, 15) is 0 Å². The third-order valence-electron chi connectivity index (χ3n) is 1.92. The van der Waals surface area contributed by atoms with Crippen molar-refractivity contribution in [1.82, 2.24) is 4.98 Å². The summed E-state index contributed by atoms with van der Waals surface area (Å²) < 4.78 is 0. The van der Waals surface area contributed by atoms with E-state index in [2.05, 4.69) is 24.2 Å². The average molecular weight is 242 g/mol. The summed E-state index contributed by atoms with van der Waals surface area (Å²) >= 11 is 1.38. The fourth-order valence-electron chi connectivity index (χ4n) is 1.17. The van der Waals surface area contributed by atoms with Crippen LogP contribution in [0.1, 0.15) is 23.2 Å². The number of allylic oxidation sites excluding steroid dienone is 6. The van der Waals surface area contributed by atoms with Gasteiger partial charge in [-0.1, -0.05) is 43.0 Å². The highest BCUT2D eigenvalue weighted by Crippen LogP contribution is 2.22. The van der Waals surface area contributed by atoms with E-state index in [4.69, 9.17) is 5.26 Å². The molecule has 0 unspecified atom stereocenters. The van der Waals surface area contributed by atoms with E-state index in [0.29, 0.717) is 4.88 Å². The molecule has 0 fully saturated rings. The molecule has 1 rings (SSSR count). The molecule has 0 spiro atoms. The van der Waals surface area contributed by atoms with E-state index in [1.165, 1.54) is 11.3 Å². The Morgan fingerprint density at radius 2 is 2.41 bits per heavy atom. The molecule has 0 aliphatic rings. The molecule has 0 saturated carbocycles. The summed E-state index contributed by atoms with van der Waals surface area (Å²) in [5, 5.41) is 9.60. The Hall–Kier alpha value is -1.92. The number of thiazole rings is 1. The van der Waals surface area contributed by atoms with Gasteiger partial charge in [0.15, 0.2) is 0 Å². The van der Waals surface area contributed by atoms with Gasteiger partial charge < -0.3 is 0 Å². The monoisotopic (exact) mass is 242 g/mol. The molecule has 17 heavy (non-hydrogen) atoms. The van der Waals surface area contributed by atoms with Crippen molar-refractivity contribution in [2.45, 2.75) is 13.3 Å². The van der Waals surface area contributed by atoms with Crippen molar-refractivity contribution in [3.05, 3.63) is 59.1 Å². The van der Waals surface area contributed by atoms with Crippen molar-refractivity contribution >= 4 is 16.9 Å². The first-order chi connectivity index (χ1) is 8.17. The summed E-state index contributed by atoms with van der Waals surface area (Å²) in [6, 6.07) is 2.08. The van der Waals surface area contributed by atoms with Gasteiger partial charge in [0.05, 0.1) is 6.20 Å². The number of hydrogen-bond acceptors (Lipinski definition) is 3. The Labute approximate surface area is 106 Å². The molecule has 0 atom stereocenters. The topological polar surface area (TPSA) is 36.7 Å². The number of rotatable bonds is 5. The molecule has 1 aromatic heterocycles. The molecule has 0 N–H and O–H groups in total. The first-order valence-electron chi connectivity index (χ1n) is 5.17. The molecule has 0 amide bonds. The second-order valence-electron chi connectivity index (χ2n) is 3.56. The summed E-state index contributed by atoms with van der Waals surface area (Å²) in [5.41, 5.74) is 2.07. The van der Waals surface area contributed by atoms with Crippen molar-refractivity contribution in [1.29, 1.82) is 5.26 Å². The predicted molar refractivity (Wildman–Crippen MR) is 73.6 cm³/mol. The molecule has 0 radical (unpaired) electrons. The first kappa shape index (κ1) is 13.1. The van der Waals surface area contributed by atoms with Crippen molar-refractivity contribution in [3.8, 4) is 6.07 Å². The SMILES string of the molecule is C=C/C=C(\C=C/CC(=C)C)c1ncc(C#N)s1. The lowest BCUT2D eigenvalue weighted by molar-refractivity contribution is 1.23. The zero-order valence-corrected chi connectivity index (χ0v) is 10.6. The van der Waals surface area contributed by atoms with Gasteiger partial charge in [-0.3, -0.25) is 0 Å². The maximum Gasteiger partial charge on any atom is 0.125 e. The smallest absolute Gasteiger partial charge is 0.125 e. The van der Waals surface area contributed by atoms with Gasteiger partial charge in [-0.15, -0.1) is 11.3 Å². The highest BCUT2D eigenvalue weighted by molar-refractivity contribution is 7.13. The maximum absolute atomic E-state index is 8.76. The van der Waals surface area contributed by atoms with Gasteiger partial charge in [0, 0.05) is 5.57 Å². The molecule has 0 saturated heterocycles. The van der Waals surface area contributed by atoms with Crippen molar-refractivity contribution < 1.29 is 0 Å². The minimum absolute atomic E-state index is 0.614. The summed E-state index contributed by atoms with van der Waals surface area (Å²) in [5.74, 6) is 0. The van der Waals surface area contributed by atoms with Gasteiger partial charge >= 0.3 is 0 Å². The van der Waals surface area contributed by atoms with E-state index >= 15 is 0 Å². The molecule has 0 aromatic carbocycles. The van der Waals surface area contributed by atoms with Crippen LogP contribution in [0, 0.1) is 11.3 Å². The molecule has 3 heteroatoms. The lowest BCUT2D eigenvalue weighted by Gasteiger charge is -1.95. The maximum atomic E-state index is 8.76. The number of aromatic nitrogens is 1. The number of hydrogen-bond donors (Lipinski definition) is 0. The van der Waals surface area contributed by atoms with E-state index in [-0.39, 0.29) is 0 Å². The van der Waals surface area contributed by atoms with Crippen LogP contribution < -0.4 is 0 Å². The molecule has 1 aromatic rings. The number of nitriles is 1. The zero-order chi connectivity index (χ0) is 12.7. The normalized spacial score (nSPS) is 11.4. The van der Waals surface area contributed by atoms with Crippen LogP contribution in [0.2, 0.25) is 0 Å². The van der Waals surface area contributed by atoms with Gasteiger partial charge in [-0.05, 0) is 13.3 Å². The molecule has 0 bridgehead atoms. The molecule has 0 aliphatic carbocycles. The first-order valence-corrected chi connectivity index (χ1v) is 5.99. The Morgan fingerprint density at radius 1 is 1.65 bits per heavy atom. The number of nitrogens with zero attached hydrogens (tertiary/aromatic N) is 2. The minimum Gasteiger partial charge on any atom is -0.243 e. The average Bonchev–Trinajstić information content (AvgIpc) is 2.76. The fourth-order valence-corrected chi connectivity index (χ4v) is 1.89. The van der Waals surface area contributed by atoms with Gasteiger partial charge in [0.2, 0.25) is 0 Å². The Kier molecular flexibility index (Phi) is 5.12. The van der Waals surface area contributed by atoms with Gasteiger partial charge in [-0.2, -0.15) is 5.26 Å². The van der Waals surface area contributed by atoms with Crippen molar-refractivity contribution in [2.75, 3.05) is 0 Å². The molecule has 2 nitrogen and oxygen atoms in total. The van der Waals surface area contributed by atoms with Crippen LogP contribution >= 0.6 is 11.3 Å². The van der Waals surface area contributed by atoms with Gasteiger partial charge in [-0.25, -0.2) is 4.98 Å². The van der Waals surface area contributed by atoms with Gasteiger partial charge in [0.1, 0.15) is 16.0 Å². The third-order valence-corrected chi connectivity index (χ3v) is 2.88. The Balaban J connectivity index is 2.91. The minimum atomic E-state index is 0.614. The van der Waals surface area contributed by atoms with E-state index < -0.39 is 0 Å². The predicted octanol–water partition coefficient (Wildman–Crippen LogP) is 4.11. The fraction of sp³-hybridized carbons (Fsp3) is 0.143. The highest BCUT2D eigenvalue weighted by Gasteiger charge is 2.03. The van der Waals surface area contributed by atoms with Crippen LogP contribution in [-0.2, 0) is 0 Å². The van der Waals surface area contributed by atoms with E-state index in [1.807, 2.05) is 25.2 Å². The quantitative estimate of drug-likeness (QED) is 0.575. The molecule has 1 heterocycles. The van der Waals surface area contributed by atoms with Crippen LogP contribution in [0.3, 0.4) is 0 Å². The summed E-state index contributed by atoms with van der Waals surface area (Å²) in [6.07, 6.45) is 10.0. The summed E-state index contributed by atoms with van der Waals surface area (Å²) in [6.45, 7) is 9.51. The summed E-state index contributed by atoms with van der Waals surface area (Å²) in [7, 11) is 0. The molecule has 0 aliphatic heterocycles. The standard InChI is InChI=1S/C14H14N2S/c1-4-6-12(8-5-7-11(2)3)14-16-10-13(9-15)17-14/h4-6,8,10H,1-2,7H2,3H3/b8-5-,12-6+. The third kappa shape index (κ3) is 4.21. The molecular weight excluding hydrogens is 228 g/mol. The summed E-state index contributed by atoms with van der Waals surface area (Å²) in [4.78, 5) is 4.82. The lowest BCUT2D eigenvalue weighted by atomic mass is 10.2. The molecular formula is C14H14N2S. The van der Waals surface area contributed by atoms with Crippen LogP contribution in [0.4, 0.5) is 0 Å².